The van der Waals surface area contributed by atoms with Gasteiger partial charge in [0.1, 0.15) is 29.6 Å². The molecule has 0 saturated carbocycles. The van der Waals surface area contributed by atoms with E-state index in [1.54, 1.807) is 37.3 Å². The first-order valence-electron chi connectivity index (χ1n) is 9.72. The fraction of sp³-hybridized carbons (Fsp3) is 0.130. The van der Waals surface area contributed by atoms with Crippen LogP contribution in [0, 0.1) is 12.7 Å². The number of aryl methyl sites for hydroxylation is 1. The lowest BCUT2D eigenvalue weighted by Crippen LogP contribution is -2.16. The second-order valence-electron chi connectivity index (χ2n) is 6.99. The van der Waals surface area contributed by atoms with Crippen LogP contribution in [0.5, 0.6) is 11.5 Å². The summed E-state index contributed by atoms with van der Waals surface area (Å²) in [6, 6.07) is 12.6. The third-order valence-electron chi connectivity index (χ3n) is 4.69. The molecule has 0 atom stereocenters. The maximum Gasteiger partial charge on any atom is 0.251 e. The first-order chi connectivity index (χ1) is 15.9. The quantitative estimate of drug-likeness (QED) is 0.393. The highest BCUT2D eigenvalue weighted by molar-refractivity contribution is 7.14. The number of rotatable bonds is 7. The highest BCUT2D eigenvalue weighted by Gasteiger charge is 2.24. The molecule has 0 saturated heterocycles. The Morgan fingerprint density at radius 2 is 1.88 bits per heavy atom. The number of nitrogens with zero attached hydrogens (tertiary/aromatic N) is 3. The van der Waals surface area contributed by atoms with E-state index in [-0.39, 0.29) is 17.9 Å². The van der Waals surface area contributed by atoms with Gasteiger partial charge in [0.25, 0.3) is 5.91 Å². The number of amides is 1. The van der Waals surface area contributed by atoms with E-state index in [2.05, 4.69) is 15.2 Å². The summed E-state index contributed by atoms with van der Waals surface area (Å²) in [7, 11) is 1.47. The van der Waals surface area contributed by atoms with Crippen LogP contribution in [0.15, 0.2) is 48.5 Å². The highest BCUT2D eigenvalue weighted by atomic mass is 35.5. The van der Waals surface area contributed by atoms with Gasteiger partial charge in [-0.15, -0.1) is 10.2 Å². The number of halogens is 2. The van der Waals surface area contributed by atoms with Crippen molar-refractivity contribution in [3.63, 3.8) is 0 Å². The predicted molar refractivity (Wildman–Crippen MR) is 124 cm³/mol. The highest BCUT2D eigenvalue weighted by Crippen LogP contribution is 2.37. The van der Waals surface area contributed by atoms with Crippen molar-refractivity contribution in [2.45, 2.75) is 13.5 Å². The minimum Gasteiger partial charge on any atom is -0.496 e. The Bertz CT molecular complexity index is 1330. The van der Waals surface area contributed by atoms with Crippen LogP contribution in [0.25, 0.3) is 21.8 Å². The Balaban J connectivity index is 1.74. The van der Waals surface area contributed by atoms with Crippen LogP contribution in [0.2, 0.25) is 5.02 Å². The lowest BCUT2D eigenvalue weighted by molar-refractivity contribution is 0.100. The van der Waals surface area contributed by atoms with Crippen LogP contribution < -0.4 is 15.2 Å². The Hall–Kier alpha value is -3.56. The molecule has 0 fully saturated rings. The molecule has 1 amide bonds. The maximum atomic E-state index is 14.0. The van der Waals surface area contributed by atoms with E-state index in [9.17, 15) is 9.18 Å². The summed E-state index contributed by atoms with van der Waals surface area (Å²) in [5.74, 6) is -0.185. The standard InChI is InChI=1S/C23H18ClFN4O3S/c1-12-9-17(16-10-14(25)5-8-18(16)31-2)20(22(26)30)21(27-12)23-29-28-19(33-23)11-32-15-6-3-13(24)4-7-15/h3-10H,11H2,1-2H3,(H2,26,30). The molecule has 0 bridgehead atoms. The number of benzene rings is 2. The predicted octanol–water partition coefficient (Wildman–Crippen LogP) is 5.05. The molecule has 0 aliphatic carbocycles. The van der Waals surface area contributed by atoms with Crippen LogP contribution in [-0.4, -0.2) is 28.2 Å². The number of pyridine rings is 1. The average molecular weight is 485 g/mol. The number of primary amides is 1. The van der Waals surface area contributed by atoms with Crippen LogP contribution in [0.3, 0.4) is 0 Å². The number of carbonyl (C=O) groups excluding carboxylic acids is 1. The molecule has 4 aromatic rings. The molecule has 0 aliphatic heterocycles. The number of hydrogen-bond donors (Lipinski definition) is 1. The Morgan fingerprint density at radius 1 is 1.12 bits per heavy atom. The van der Waals surface area contributed by atoms with Gasteiger partial charge in [-0.05, 0) is 55.5 Å². The van der Waals surface area contributed by atoms with E-state index in [1.165, 1.54) is 36.6 Å². The van der Waals surface area contributed by atoms with E-state index in [0.29, 0.717) is 43.4 Å². The summed E-state index contributed by atoms with van der Waals surface area (Å²) in [6.07, 6.45) is 0. The second-order valence-corrected chi connectivity index (χ2v) is 8.49. The van der Waals surface area contributed by atoms with Gasteiger partial charge in [0.15, 0.2) is 10.0 Å². The summed E-state index contributed by atoms with van der Waals surface area (Å²) >= 11 is 7.11. The Morgan fingerprint density at radius 3 is 2.58 bits per heavy atom. The van der Waals surface area contributed by atoms with Crippen molar-refractivity contribution in [2.24, 2.45) is 5.73 Å². The normalized spacial score (nSPS) is 10.8. The van der Waals surface area contributed by atoms with Gasteiger partial charge in [0, 0.05) is 21.8 Å². The molecule has 2 N–H and O–H groups in total. The molecule has 0 aliphatic rings. The van der Waals surface area contributed by atoms with E-state index in [1.807, 2.05) is 0 Å². The van der Waals surface area contributed by atoms with E-state index >= 15 is 0 Å². The maximum absolute atomic E-state index is 14.0. The van der Waals surface area contributed by atoms with Gasteiger partial charge in [-0.1, -0.05) is 22.9 Å². The SMILES string of the molecule is COc1ccc(F)cc1-c1cc(C)nc(-c2nnc(COc3ccc(Cl)cc3)s2)c1C(N)=O. The molecule has 7 nitrogen and oxygen atoms in total. The molecule has 2 aromatic carbocycles. The zero-order chi connectivity index (χ0) is 23.5. The van der Waals surface area contributed by atoms with Crippen molar-refractivity contribution >= 4 is 28.8 Å². The van der Waals surface area contributed by atoms with Crippen molar-refractivity contribution in [1.29, 1.82) is 0 Å². The molecule has 4 rings (SSSR count). The summed E-state index contributed by atoms with van der Waals surface area (Å²) in [6.45, 7) is 1.93. The first kappa shape index (κ1) is 22.6. The minimum atomic E-state index is -0.729. The first-order valence-corrected chi connectivity index (χ1v) is 10.9. The number of hydrogen-bond acceptors (Lipinski definition) is 7. The Labute approximate surface area is 198 Å². The van der Waals surface area contributed by atoms with E-state index < -0.39 is 11.7 Å². The summed E-state index contributed by atoms with van der Waals surface area (Å²) in [4.78, 5) is 17.0. The molecular formula is C23H18ClFN4O3S. The third-order valence-corrected chi connectivity index (χ3v) is 5.85. The molecule has 2 heterocycles. The smallest absolute Gasteiger partial charge is 0.251 e. The zero-order valence-corrected chi connectivity index (χ0v) is 19.2. The molecule has 33 heavy (non-hydrogen) atoms. The van der Waals surface area contributed by atoms with Crippen LogP contribution in [0.4, 0.5) is 4.39 Å². The summed E-state index contributed by atoms with van der Waals surface area (Å²) in [5.41, 5.74) is 7.47. The zero-order valence-electron chi connectivity index (χ0n) is 17.6. The third kappa shape index (κ3) is 4.94. The van der Waals surface area contributed by atoms with Gasteiger partial charge in [0.2, 0.25) is 0 Å². The molecule has 10 heteroatoms. The lowest BCUT2D eigenvalue weighted by Gasteiger charge is -2.14. The number of methoxy groups -OCH3 is 1. The minimum absolute atomic E-state index is 0.103. The number of nitrogens with two attached hydrogens (primary N) is 1. The molecule has 168 valence electrons. The fourth-order valence-corrected chi connectivity index (χ4v) is 4.14. The van der Waals surface area contributed by atoms with E-state index in [4.69, 9.17) is 26.8 Å². The van der Waals surface area contributed by atoms with Crippen molar-refractivity contribution in [1.82, 2.24) is 15.2 Å². The summed E-state index contributed by atoms with van der Waals surface area (Å²) in [5, 5.41) is 9.90. The van der Waals surface area contributed by atoms with Gasteiger partial charge >= 0.3 is 0 Å². The van der Waals surface area contributed by atoms with Crippen LogP contribution in [-0.2, 0) is 6.61 Å². The van der Waals surface area contributed by atoms with Gasteiger partial charge in [0.05, 0.1) is 12.7 Å². The topological polar surface area (TPSA) is 100 Å². The van der Waals surface area contributed by atoms with Gasteiger partial charge in [-0.2, -0.15) is 0 Å². The second kappa shape index (κ2) is 9.51. The van der Waals surface area contributed by atoms with Crippen LogP contribution in [0.1, 0.15) is 21.1 Å². The molecule has 0 spiro atoms. The number of ether oxygens (including phenoxy) is 2. The monoisotopic (exact) mass is 484 g/mol. The largest absolute Gasteiger partial charge is 0.496 e. The lowest BCUT2D eigenvalue weighted by atomic mass is 9.96. The van der Waals surface area contributed by atoms with Crippen molar-refractivity contribution in [3.8, 4) is 33.3 Å². The van der Waals surface area contributed by atoms with Crippen molar-refractivity contribution in [2.75, 3.05) is 7.11 Å². The van der Waals surface area contributed by atoms with Crippen molar-refractivity contribution in [3.05, 3.63) is 75.6 Å². The molecule has 0 unspecified atom stereocenters. The van der Waals surface area contributed by atoms with E-state index in [0.717, 1.165) is 0 Å². The summed E-state index contributed by atoms with van der Waals surface area (Å²) < 4.78 is 25.1. The number of aromatic nitrogens is 3. The van der Waals surface area contributed by atoms with Gasteiger partial charge in [-0.3, -0.25) is 4.79 Å². The van der Waals surface area contributed by atoms with Crippen LogP contribution >= 0.6 is 22.9 Å². The average Bonchev–Trinajstić information content (AvgIpc) is 3.27. The Kier molecular flexibility index (Phi) is 6.52. The molecule has 2 aromatic heterocycles. The molecular weight excluding hydrogens is 467 g/mol. The van der Waals surface area contributed by atoms with Gasteiger partial charge in [-0.25, -0.2) is 9.37 Å². The molecule has 0 radical (unpaired) electrons. The van der Waals surface area contributed by atoms with Gasteiger partial charge < -0.3 is 15.2 Å². The van der Waals surface area contributed by atoms with Crippen molar-refractivity contribution < 1.29 is 18.7 Å². The fourth-order valence-electron chi connectivity index (χ4n) is 3.26. The number of carbonyl (C=O) groups is 1.